The van der Waals surface area contributed by atoms with Gasteiger partial charge in [-0.1, -0.05) is 0 Å². The molecule has 70 valence electrons. The molecule has 1 amide bonds. The van der Waals surface area contributed by atoms with Gasteiger partial charge in [0.1, 0.15) is 16.8 Å². The maximum atomic E-state index is 10.8. The Labute approximate surface area is 79.7 Å². The maximum absolute atomic E-state index is 10.8. The monoisotopic (exact) mass is 198 g/mol. The molecule has 2 N–H and O–H groups in total. The van der Waals surface area contributed by atoms with Crippen LogP contribution >= 0.6 is 11.3 Å². The van der Waals surface area contributed by atoms with Crippen molar-refractivity contribution in [2.45, 2.75) is 18.9 Å². The summed E-state index contributed by atoms with van der Waals surface area (Å²) in [6.45, 7) is 0.788. The lowest BCUT2D eigenvalue weighted by Crippen LogP contribution is -2.11. The van der Waals surface area contributed by atoms with Gasteiger partial charge in [0.05, 0.1) is 0 Å². The molecule has 1 aliphatic heterocycles. The van der Waals surface area contributed by atoms with E-state index in [4.69, 9.17) is 10.5 Å². The number of hydrogen-bond acceptors (Lipinski definition) is 4. The Kier molecular flexibility index (Phi) is 2.28. The molecule has 0 saturated carbocycles. The quantitative estimate of drug-likeness (QED) is 0.773. The van der Waals surface area contributed by atoms with Gasteiger partial charge in [0.25, 0.3) is 5.91 Å². The highest BCUT2D eigenvalue weighted by molar-refractivity contribution is 7.09. The Hall–Kier alpha value is -0.940. The summed E-state index contributed by atoms with van der Waals surface area (Å²) >= 11 is 1.44. The number of amides is 1. The van der Waals surface area contributed by atoms with Crippen LogP contribution in [0, 0.1) is 0 Å². The zero-order valence-corrected chi connectivity index (χ0v) is 7.84. The van der Waals surface area contributed by atoms with E-state index in [0.29, 0.717) is 5.69 Å². The second-order valence-electron chi connectivity index (χ2n) is 2.94. The second kappa shape index (κ2) is 3.43. The number of ether oxygens (including phenoxy) is 1. The molecule has 1 aromatic heterocycles. The number of nitrogens with two attached hydrogens (primary N) is 1. The van der Waals surface area contributed by atoms with Crippen molar-refractivity contribution in [1.82, 2.24) is 4.98 Å². The number of carbonyl (C=O) groups excluding carboxylic acids is 1. The van der Waals surface area contributed by atoms with Crippen molar-refractivity contribution in [3.8, 4) is 0 Å². The van der Waals surface area contributed by atoms with Gasteiger partial charge in [-0.3, -0.25) is 4.79 Å². The first-order valence-electron chi connectivity index (χ1n) is 4.14. The molecule has 1 atom stereocenters. The Morgan fingerprint density at radius 2 is 2.62 bits per heavy atom. The summed E-state index contributed by atoms with van der Waals surface area (Å²) in [4.78, 5) is 14.9. The molecule has 4 nitrogen and oxygen atoms in total. The zero-order chi connectivity index (χ0) is 9.26. The van der Waals surface area contributed by atoms with Gasteiger partial charge in [0.15, 0.2) is 0 Å². The smallest absolute Gasteiger partial charge is 0.268 e. The summed E-state index contributed by atoms with van der Waals surface area (Å²) in [5.41, 5.74) is 5.43. The average molecular weight is 198 g/mol. The van der Waals surface area contributed by atoms with Gasteiger partial charge < -0.3 is 10.5 Å². The van der Waals surface area contributed by atoms with Crippen molar-refractivity contribution in [2.24, 2.45) is 5.73 Å². The number of hydrogen-bond donors (Lipinski definition) is 1. The predicted molar refractivity (Wildman–Crippen MR) is 48.6 cm³/mol. The van der Waals surface area contributed by atoms with E-state index in [1.807, 2.05) is 0 Å². The molecule has 1 saturated heterocycles. The van der Waals surface area contributed by atoms with Crippen molar-refractivity contribution in [2.75, 3.05) is 6.61 Å². The number of carbonyl (C=O) groups is 1. The molecular formula is C8H10N2O2S. The first kappa shape index (κ1) is 8.65. The molecule has 0 spiro atoms. The zero-order valence-electron chi connectivity index (χ0n) is 7.03. The van der Waals surface area contributed by atoms with Crippen molar-refractivity contribution < 1.29 is 9.53 Å². The molecule has 0 radical (unpaired) electrons. The predicted octanol–water partition coefficient (Wildman–Crippen LogP) is 1.09. The van der Waals surface area contributed by atoms with Gasteiger partial charge in [-0.05, 0) is 12.8 Å². The third-order valence-electron chi connectivity index (χ3n) is 1.98. The molecule has 5 heteroatoms. The van der Waals surface area contributed by atoms with Gasteiger partial charge in [-0.15, -0.1) is 11.3 Å². The summed E-state index contributed by atoms with van der Waals surface area (Å²) in [6.07, 6.45) is 2.14. The van der Waals surface area contributed by atoms with Crippen LogP contribution in [0.4, 0.5) is 0 Å². The molecule has 2 rings (SSSR count). The number of nitrogens with zero attached hydrogens (tertiary/aromatic N) is 1. The Morgan fingerprint density at radius 1 is 1.77 bits per heavy atom. The molecule has 1 unspecified atom stereocenters. The Morgan fingerprint density at radius 3 is 3.15 bits per heavy atom. The fourth-order valence-electron chi connectivity index (χ4n) is 1.32. The van der Waals surface area contributed by atoms with Crippen LogP contribution in [0.1, 0.15) is 34.4 Å². The Balaban J connectivity index is 2.16. The van der Waals surface area contributed by atoms with Crippen LogP contribution in [0.25, 0.3) is 0 Å². The van der Waals surface area contributed by atoms with Gasteiger partial charge in [0, 0.05) is 12.0 Å². The summed E-state index contributed by atoms with van der Waals surface area (Å²) in [7, 11) is 0. The molecule has 1 aromatic rings. The van der Waals surface area contributed by atoms with Crippen LogP contribution in [-0.2, 0) is 4.74 Å². The van der Waals surface area contributed by atoms with Crippen molar-refractivity contribution in [3.05, 3.63) is 16.1 Å². The average Bonchev–Trinajstić information content (AvgIpc) is 2.75. The highest BCUT2D eigenvalue weighted by atomic mass is 32.1. The number of aromatic nitrogens is 1. The van der Waals surface area contributed by atoms with Gasteiger partial charge in [0.2, 0.25) is 0 Å². The third-order valence-corrected chi connectivity index (χ3v) is 2.92. The molecule has 2 heterocycles. The van der Waals surface area contributed by atoms with Crippen molar-refractivity contribution >= 4 is 17.2 Å². The van der Waals surface area contributed by atoms with Crippen LogP contribution in [0.5, 0.6) is 0 Å². The van der Waals surface area contributed by atoms with Crippen LogP contribution in [0.15, 0.2) is 5.38 Å². The van der Waals surface area contributed by atoms with E-state index in [-0.39, 0.29) is 6.10 Å². The summed E-state index contributed by atoms with van der Waals surface area (Å²) in [6, 6.07) is 0. The molecule has 0 bridgehead atoms. The van der Waals surface area contributed by atoms with E-state index < -0.39 is 5.91 Å². The van der Waals surface area contributed by atoms with Gasteiger partial charge in [-0.2, -0.15) is 0 Å². The molecule has 1 fully saturated rings. The van der Waals surface area contributed by atoms with Crippen LogP contribution in [0.2, 0.25) is 0 Å². The Bertz CT molecular complexity index is 318. The fourth-order valence-corrected chi connectivity index (χ4v) is 2.21. The normalized spacial score (nSPS) is 22.0. The van der Waals surface area contributed by atoms with Crippen LogP contribution < -0.4 is 5.73 Å². The highest BCUT2D eigenvalue weighted by Gasteiger charge is 2.21. The van der Waals surface area contributed by atoms with Crippen LogP contribution in [0.3, 0.4) is 0 Å². The number of rotatable bonds is 2. The second-order valence-corrected chi connectivity index (χ2v) is 3.83. The first-order valence-corrected chi connectivity index (χ1v) is 5.02. The van der Waals surface area contributed by atoms with Crippen molar-refractivity contribution in [1.29, 1.82) is 0 Å². The molecule has 13 heavy (non-hydrogen) atoms. The molecule has 1 aliphatic rings. The first-order chi connectivity index (χ1) is 6.27. The van der Waals surface area contributed by atoms with Gasteiger partial charge in [-0.25, -0.2) is 4.98 Å². The minimum atomic E-state index is -0.472. The van der Waals surface area contributed by atoms with E-state index in [1.54, 1.807) is 5.38 Å². The highest BCUT2D eigenvalue weighted by Crippen LogP contribution is 2.30. The number of primary amides is 1. The lowest BCUT2D eigenvalue weighted by Gasteiger charge is -2.02. The van der Waals surface area contributed by atoms with E-state index in [2.05, 4.69) is 4.98 Å². The fraction of sp³-hybridized carbons (Fsp3) is 0.500. The third kappa shape index (κ3) is 1.71. The summed E-state index contributed by atoms with van der Waals surface area (Å²) in [5.74, 6) is -0.472. The van der Waals surface area contributed by atoms with Gasteiger partial charge >= 0.3 is 0 Å². The SMILES string of the molecule is NC(=O)c1csc(C2CCCO2)n1. The minimum absolute atomic E-state index is 0.0816. The minimum Gasteiger partial charge on any atom is -0.371 e. The summed E-state index contributed by atoms with van der Waals surface area (Å²) < 4.78 is 5.43. The van der Waals surface area contributed by atoms with Crippen molar-refractivity contribution in [3.63, 3.8) is 0 Å². The summed E-state index contributed by atoms with van der Waals surface area (Å²) in [5, 5.41) is 2.55. The standard InChI is InChI=1S/C8H10N2O2S/c9-7(11)5-4-13-8(10-5)6-2-1-3-12-6/h4,6H,1-3H2,(H2,9,11). The molecular weight excluding hydrogens is 188 g/mol. The van der Waals surface area contributed by atoms with E-state index >= 15 is 0 Å². The molecule has 0 aliphatic carbocycles. The topological polar surface area (TPSA) is 65.2 Å². The lowest BCUT2D eigenvalue weighted by molar-refractivity contribution is 0.0992. The number of thiazole rings is 1. The largest absolute Gasteiger partial charge is 0.371 e. The van der Waals surface area contributed by atoms with Crippen LogP contribution in [-0.4, -0.2) is 17.5 Å². The van der Waals surface area contributed by atoms with E-state index in [9.17, 15) is 4.79 Å². The molecule has 0 aromatic carbocycles. The lowest BCUT2D eigenvalue weighted by atomic mass is 10.2. The van der Waals surface area contributed by atoms with E-state index in [0.717, 1.165) is 24.5 Å². The maximum Gasteiger partial charge on any atom is 0.268 e. The van der Waals surface area contributed by atoms with E-state index in [1.165, 1.54) is 11.3 Å².